The van der Waals surface area contributed by atoms with Gasteiger partial charge in [0.05, 0.1) is 18.3 Å². The molecule has 1 atom stereocenters. The van der Waals surface area contributed by atoms with Gasteiger partial charge in [-0.05, 0) is 30.2 Å². The van der Waals surface area contributed by atoms with Gasteiger partial charge in [0.1, 0.15) is 0 Å². The van der Waals surface area contributed by atoms with Gasteiger partial charge in [0.25, 0.3) is 0 Å². The minimum Gasteiger partial charge on any atom is -0.329 e. The Morgan fingerprint density at radius 2 is 1.67 bits per heavy atom. The third-order valence-corrected chi connectivity index (χ3v) is 6.92. The number of aryl methyl sites for hydroxylation is 1. The maximum Gasteiger partial charge on any atom is 0.211 e. The normalized spacial score (nSPS) is 13.3. The lowest BCUT2D eigenvalue weighted by Crippen LogP contribution is -2.34. The van der Waals surface area contributed by atoms with Crippen molar-refractivity contribution < 1.29 is 18.2 Å². The lowest BCUT2D eigenvalue weighted by molar-refractivity contribution is -0.692. The van der Waals surface area contributed by atoms with Crippen molar-refractivity contribution in [1.29, 1.82) is 0 Å². The van der Waals surface area contributed by atoms with E-state index in [1.165, 1.54) is 0 Å². The summed E-state index contributed by atoms with van der Waals surface area (Å²) in [7, 11) is -2.51. The van der Waals surface area contributed by atoms with Gasteiger partial charge in [0.15, 0.2) is 31.3 Å². The van der Waals surface area contributed by atoms with Crippen LogP contribution in [0.15, 0.2) is 85.6 Å². The maximum absolute atomic E-state index is 12.3. The van der Waals surface area contributed by atoms with Crippen LogP contribution in [-0.2, 0) is 15.6 Å². The van der Waals surface area contributed by atoms with Crippen molar-refractivity contribution in [2.75, 3.05) is 19.4 Å². The molecule has 1 aromatic carbocycles. The molecule has 30 heavy (non-hydrogen) atoms. The summed E-state index contributed by atoms with van der Waals surface area (Å²) in [6, 6.07) is 18.7. The van der Waals surface area contributed by atoms with Crippen LogP contribution in [0.2, 0.25) is 0 Å². The standard InChI is InChI=1S/C24H26N3O2P/c1-3-29-30(2,28)18-17-26-13-8-20(9-14-26)21-10-15-27(16-11-21)23-6-7-24-22(19-23)5-4-12-25-24/h4-16,19H,3,17-18H2,1-2H3/q+2. The Morgan fingerprint density at radius 1 is 0.967 bits per heavy atom. The van der Waals surface area contributed by atoms with Crippen LogP contribution in [0.5, 0.6) is 0 Å². The van der Waals surface area contributed by atoms with Crippen molar-refractivity contribution in [2.45, 2.75) is 13.5 Å². The topological polar surface area (TPSA) is 47.0 Å². The second kappa shape index (κ2) is 8.86. The Bertz CT molecular complexity index is 1190. The van der Waals surface area contributed by atoms with Crippen LogP contribution in [0.1, 0.15) is 6.92 Å². The summed E-state index contributed by atoms with van der Waals surface area (Å²) in [5, 5.41) is 1.13. The Hall–Kier alpha value is -2.88. The van der Waals surface area contributed by atoms with Gasteiger partial charge < -0.3 is 4.52 Å². The van der Waals surface area contributed by atoms with E-state index in [-0.39, 0.29) is 0 Å². The molecular formula is C24H26N3O2P+2. The van der Waals surface area contributed by atoms with Crippen LogP contribution in [0.25, 0.3) is 27.7 Å². The van der Waals surface area contributed by atoms with Gasteiger partial charge in [-0.2, -0.15) is 4.57 Å². The molecule has 0 saturated carbocycles. The van der Waals surface area contributed by atoms with Gasteiger partial charge in [0, 0.05) is 54.6 Å². The highest BCUT2D eigenvalue weighted by Gasteiger charge is 2.17. The fourth-order valence-electron chi connectivity index (χ4n) is 3.45. The molecule has 152 valence electrons. The zero-order valence-electron chi connectivity index (χ0n) is 17.3. The Kier molecular flexibility index (Phi) is 6.03. The van der Waals surface area contributed by atoms with E-state index >= 15 is 0 Å². The second-order valence-corrected chi connectivity index (χ2v) is 10.1. The third-order valence-electron chi connectivity index (χ3n) is 5.11. The van der Waals surface area contributed by atoms with Gasteiger partial charge in [0.2, 0.25) is 13.1 Å². The first-order valence-electron chi connectivity index (χ1n) is 10.1. The van der Waals surface area contributed by atoms with Gasteiger partial charge in [-0.25, -0.2) is 4.57 Å². The maximum atomic E-state index is 12.3. The largest absolute Gasteiger partial charge is 0.329 e. The summed E-state index contributed by atoms with van der Waals surface area (Å²) in [6.07, 6.45) is 10.6. The van der Waals surface area contributed by atoms with Gasteiger partial charge in [-0.3, -0.25) is 9.55 Å². The van der Waals surface area contributed by atoms with Crippen LogP contribution in [0.3, 0.4) is 0 Å². The summed E-state index contributed by atoms with van der Waals surface area (Å²) >= 11 is 0. The zero-order chi connectivity index (χ0) is 21.0. The SMILES string of the molecule is CCOP(C)(=O)CC[n+]1ccc(-c2cc[n+](-c3ccc4ncccc4c3)cc2)cc1. The quantitative estimate of drug-likeness (QED) is 0.329. The lowest BCUT2D eigenvalue weighted by atomic mass is 10.1. The van der Waals surface area contributed by atoms with Crippen LogP contribution < -0.4 is 9.13 Å². The predicted molar refractivity (Wildman–Crippen MR) is 119 cm³/mol. The second-order valence-electron chi connectivity index (χ2n) is 7.35. The first kappa shape index (κ1) is 20.4. The zero-order valence-corrected chi connectivity index (χ0v) is 18.2. The smallest absolute Gasteiger partial charge is 0.211 e. The summed E-state index contributed by atoms with van der Waals surface area (Å²) in [4.78, 5) is 4.38. The number of hydrogen-bond acceptors (Lipinski definition) is 3. The molecule has 0 bridgehead atoms. The molecule has 0 fully saturated rings. The average Bonchev–Trinajstić information content (AvgIpc) is 2.78. The Balaban J connectivity index is 1.47. The summed E-state index contributed by atoms with van der Waals surface area (Å²) in [5.74, 6) is 0. The highest BCUT2D eigenvalue weighted by molar-refractivity contribution is 7.58. The summed E-state index contributed by atoms with van der Waals surface area (Å²) < 4.78 is 21.8. The number of nitrogens with zero attached hydrogens (tertiary/aromatic N) is 3. The molecule has 1 unspecified atom stereocenters. The molecule has 5 nitrogen and oxygen atoms in total. The van der Waals surface area contributed by atoms with E-state index in [0.29, 0.717) is 19.3 Å². The van der Waals surface area contributed by atoms with Crippen molar-refractivity contribution in [3.63, 3.8) is 0 Å². The molecule has 0 spiro atoms. The molecule has 6 heteroatoms. The minimum atomic E-state index is -2.51. The van der Waals surface area contributed by atoms with E-state index in [1.54, 1.807) is 6.66 Å². The van der Waals surface area contributed by atoms with Crippen LogP contribution in [0, 0.1) is 0 Å². The van der Waals surface area contributed by atoms with Gasteiger partial charge in [-0.1, -0.05) is 6.07 Å². The number of pyridine rings is 3. The predicted octanol–water partition coefficient (Wildman–Crippen LogP) is 4.41. The van der Waals surface area contributed by atoms with Crippen molar-refractivity contribution in [3.05, 3.63) is 85.6 Å². The Labute approximate surface area is 177 Å². The molecule has 0 aliphatic heterocycles. The fraction of sp³-hybridized carbons (Fsp3) is 0.208. The van der Waals surface area contributed by atoms with Gasteiger partial charge >= 0.3 is 0 Å². The highest BCUT2D eigenvalue weighted by atomic mass is 31.2. The number of benzene rings is 1. The summed E-state index contributed by atoms with van der Waals surface area (Å²) in [5.41, 5.74) is 4.39. The molecular weight excluding hydrogens is 393 g/mol. The number of fused-ring (bicyclic) bond motifs is 1. The fourth-order valence-corrected chi connectivity index (χ4v) is 4.72. The first-order chi connectivity index (χ1) is 14.5. The van der Waals surface area contributed by atoms with Gasteiger partial charge in [-0.15, -0.1) is 0 Å². The number of hydrogen-bond donors (Lipinski definition) is 0. The molecule has 0 saturated heterocycles. The van der Waals surface area contributed by atoms with E-state index in [9.17, 15) is 4.57 Å². The molecule has 0 aliphatic rings. The average molecular weight is 419 g/mol. The molecule has 3 heterocycles. The molecule has 0 aliphatic carbocycles. The molecule has 4 aromatic rings. The Morgan fingerprint density at radius 3 is 2.37 bits per heavy atom. The minimum absolute atomic E-state index is 0.488. The van der Waals surface area contributed by atoms with Crippen LogP contribution in [0.4, 0.5) is 0 Å². The van der Waals surface area contributed by atoms with Crippen LogP contribution in [-0.4, -0.2) is 24.4 Å². The van der Waals surface area contributed by atoms with Crippen molar-refractivity contribution in [1.82, 2.24) is 4.98 Å². The van der Waals surface area contributed by atoms with E-state index in [2.05, 4.69) is 64.4 Å². The highest BCUT2D eigenvalue weighted by Crippen LogP contribution is 2.41. The van der Waals surface area contributed by atoms with E-state index in [1.807, 2.05) is 42.2 Å². The van der Waals surface area contributed by atoms with E-state index in [4.69, 9.17) is 4.52 Å². The van der Waals surface area contributed by atoms with E-state index in [0.717, 1.165) is 27.7 Å². The van der Waals surface area contributed by atoms with E-state index < -0.39 is 7.37 Å². The number of rotatable bonds is 7. The molecule has 4 rings (SSSR count). The van der Waals surface area contributed by atoms with Crippen molar-refractivity contribution in [2.24, 2.45) is 0 Å². The van der Waals surface area contributed by atoms with Crippen molar-refractivity contribution >= 4 is 18.3 Å². The summed E-state index contributed by atoms with van der Waals surface area (Å²) in [6.45, 7) is 4.75. The van der Waals surface area contributed by atoms with Crippen LogP contribution >= 0.6 is 7.37 Å². The monoisotopic (exact) mass is 419 g/mol. The van der Waals surface area contributed by atoms with Crippen molar-refractivity contribution in [3.8, 4) is 16.8 Å². The molecule has 0 amide bonds. The number of aromatic nitrogens is 3. The third kappa shape index (κ3) is 4.81. The molecule has 0 radical (unpaired) electrons. The molecule has 3 aromatic heterocycles. The lowest BCUT2D eigenvalue weighted by Gasteiger charge is -2.10. The molecule has 0 N–H and O–H groups in total. The first-order valence-corrected chi connectivity index (χ1v) is 12.4.